The third-order valence-corrected chi connectivity index (χ3v) is 6.74. The predicted octanol–water partition coefficient (Wildman–Crippen LogP) is 2.78. The van der Waals surface area contributed by atoms with Crippen molar-refractivity contribution in [3.05, 3.63) is 35.8 Å². The number of carbonyl (C=O) groups excluding carboxylic acids is 1. The summed E-state index contributed by atoms with van der Waals surface area (Å²) in [5.74, 6) is -1.85. The van der Waals surface area contributed by atoms with Gasteiger partial charge in [-0.1, -0.05) is 6.92 Å². The van der Waals surface area contributed by atoms with Crippen LogP contribution in [-0.4, -0.2) is 61.9 Å². The SMILES string of the molecule is CCS(=O)(=O)c1nn2c(C(=O)NCC(F)(F)F)ccnc2c1-c1nc2cc(C(F)(F)F)cnc2n1C. The average molecular weight is 535 g/mol. The number of hydrogen-bond acceptors (Lipinski definition) is 7. The summed E-state index contributed by atoms with van der Waals surface area (Å²) in [5.41, 5.74) is -2.29. The minimum atomic E-state index is -4.71. The fraction of sp³-hybridized carbons (Fsp3) is 0.316. The van der Waals surface area contributed by atoms with Gasteiger partial charge >= 0.3 is 12.4 Å². The highest BCUT2D eigenvalue weighted by Gasteiger charge is 2.34. The van der Waals surface area contributed by atoms with Crippen molar-refractivity contribution in [2.45, 2.75) is 24.3 Å². The molecule has 0 saturated carbocycles. The lowest BCUT2D eigenvalue weighted by Gasteiger charge is -2.09. The number of pyridine rings is 1. The van der Waals surface area contributed by atoms with E-state index in [1.807, 2.05) is 0 Å². The van der Waals surface area contributed by atoms with Crippen molar-refractivity contribution in [2.24, 2.45) is 7.05 Å². The average Bonchev–Trinajstić information content (AvgIpc) is 3.34. The standard InChI is InChI=1S/C19H15F6N7O3S/c1-3-36(34,35)17-12(15-29-10-6-9(19(23,24)25)7-27-13(10)31(15)2)14-26-5-4-11(32(14)30-17)16(33)28-8-18(20,21)22/h4-7H,3,8H2,1-2H3,(H,28,33). The van der Waals surface area contributed by atoms with E-state index in [0.717, 1.165) is 22.8 Å². The number of imidazole rings is 1. The maximum absolute atomic E-state index is 13.1. The van der Waals surface area contributed by atoms with Crippen LogP contribution in [0.1, 0.15) is 23.0 Å². The smallest absolute Gasteiger partial charge is 0.342 e. The Hall–Kier alpha value is -3.76. The van der Waals surface area contributed by atoms with Crippen LogP contribution in [-0.2, 0) is 23.1 Å². The van der Waals surface area contributed by atoms with Crippen LogP contribution in [0.25, 0.3) is 28.2 Å². The Morgan fingerprint density at radius 3 is 2.42 bits per heavy atom. The fourth-order valence-electron chi connectivity index (χ4n) is 3.37. The van der Waals surface area contributed by atoms with E-state index >= 15 is 0 Å². The van der Waals surface area contributed by atoms with Crippen molar-refractivity contribution in [1.29, 1.82) is 0 Å². The van der Waals surface area contributed by atoms with Crippen LogP contribution in [0.2, 0.25) is 0 Å². The van der Waals surface area contributed by atoms with Gasteiger partial charge in [0.05, 0.1) is 11.3 Å². The van der Waals surface area contributed by atoms with Crippen molar-refractivity contribution < 1.29 is 39.6 Å². The van der Waals surface area contributed by atoms with Gasteiger partial charge in [0.2, 0.25) is 0 Å². The van der Waals surface area contributed by atoms with E-state index < -0.39 is 56.7 Å². The number of halogens is 6. The molecule has 0 aliphatic carbocycles. The van der Waals surface area contributed by atoms with Crippen molar-refractivity contribution in [3.63, 3.8) is 0 Å². The van der Waals surface area contributed by atoms with Crippen LogP contribution in [0.4, 0.5) is 26.3 Å². The summed E-state index contributed by atoms with van der Waals surface area (Å²) in [6.45, 7) is -0.346. The lowest BCUT2D eigenvalue weighted by Crippen LogP contribution is -2.34. The number of aromatic nitrogens is 6. The van der Waals surface area contributed by atoms with Gasteiger partial charge < -0.3 is 9.88 Å². The van der Waals surface area contributed by atoms with Gasteiger partial charge in [-0.3, -0.25) is 4.79 Å². The molecule has 0 aliphatic rings. The minimum absolute atomic E-state index is 0.0173. The molecule has 4 aromatic rings. The minimum Gasteiger partial charge on any atom is -0.342 e. The number of hydrogen-bond donors (Lipinski definition) is 1. The Labute approximate surface area is 197 Å². The first-order valence-electron chi connectivity index (χ1n) is 9.99. The van der Waals surface area contributed by atoms with Crippen LogP contribution < -0.4 is 5.32 Å². The van der Waals surface area contributed by atoms with E-state index in [9.17, 15) is 39.6 Å². The first kappa shape index (κ1) is 25.3. The first-order valence-corrected chi connectivity index (χ1v) is 11.6. The molecule has 4 heterocycles. The normalized spacial score (nSPS) is 13.0. The van der Waals surface area contributed by atoms with Crippen molar-refractivity contribution >= 4 is 32.6 Å². The molecule has 192 valence electrons. The van der Waals surface area contributed by atoms with Gasteiger partial charge in [0.15, 0.2) is 26.2 Å². The van der Waals surface area contributed by atoms with Crippen molar-refractivity contribution in [3.8, 4) is 11.4 Å². The monoisotopic (exact) mass is 535 g/mol. The fourth-order valence-corrected chi connectivity index (χ4v) is 4.35. The van der Waals surface area contributed by atoms with Gasteiger partial charge in [0, 0.05) is 19.4 Å². The lowest BCUT2D eigenvalue weighted by molar-refractivity contribution is -0.137. The summed E-state index contributed by atoms with van der Waals surface area (Å²) >= 11 is 0. The highest BCUT2D eigenvalue weighted by Crippen LogP contribution is 2.35. The molecule has 0 saturated heterocycles. The molecule has 0 aromatic carbocycles. The van der Waals surface area contributed by atoms with E-state index in [-0.39, 0.29) is 28.2 Å². The van der Waals surface area contributed by atoms with Crippen molar-refractivity contribution in [2.75, 3.05) is 12.3 Å². The quantitative estimate of drug-likeness (QED) is 0.390. The van der Waals surface area contributed by atoms with Crippen LogP contribution in [0, 0.1) is 0 Å². The number of alkyl halides is 6. The molecule has 0 unspecified atom stereocenters. The highest BCUT2D eigenvalue weighted by atomic mass is 32.2. The summed E-state index contributed by atoms with van der Waals surface area (Å²) in [6.07, 6.45) is -7.77. The van der Waals surface area contributed by atoms with E-state index in [4.69, 9.17) is 0 Å². The lowest BCUT2D eigenvalue weighted by atomic mass is 10.2. The zero-order valence-electron chi connectivity index (χ0n) is 18.3. The number of nitrogens with zero attached hydrogens (tertiary/aromatic N) is 6. The molecule has 36 heavy (non-hydrogen) atoms. The summed E-state index contributed by atoms with van der Waals surface area (Å²) < 4.78 is 105. The van der Waals surface area contributed by atoms with E-state index in [1.165, 1.54) is 18.5 Å². The van der Waals surface area contributed by atoms with Gasteiger partial charge in [-0.05, 0) is 12.1 Å². The predicted molar refractivity (Wildman–Crippen MR) is 112 cm³/mol. The van der Waals surface area contributed by atoms with Crippen LogP contribution in [0.15, 0.2) is 29.6 Å². The van der Waals surface area contributed by atoms with E-state index in [1.54, 1.807) is 5.32 Å². The molecule has 1 amide bonds. The number of carbonyl (C=O) groups is 1. The molecule has 10 nitrogen and oxygen atoms in total. The Morgan fingerprint density at radius 1 is 1.11 bits per heavy atom. The summed E-state index contributed by atoms with van der Waals surface area (Å²) in [5, 5.41) is 4.99. The third kappa shape index (κ3) is 4.45. The summed E-state index contributed by atoms with van der Waals surface area (Å²) in [4.78, 5) is 24.4. The summed E-state index contributed by atoms with van der Waals surface area (Å²) in [6, 6.07) is 1.76. The summed E-state index contributed by atoms with van der Waals surface area (Å²) in [7, 11) is -2.77. The number of fused-ring (bicyclic) bond motifs is 2. The third-order valence-electron chi connectivity index (χ3n) is 5.10. The largest absolute Gasteiger partial charge is 0.417 e. The Kier molecular flexibility index (Phi) is 5.93. The number of nitrogens with one attached hydrogen (secondary N) is 1. The van der Waals surface area contributed by atoms with Gasteiger partial charge in [0.25, 0.3) is 5.91 Å². The molecule has 0 fully saturated rings. The molecule has 4 aromatic heterocycles. The molecule has 0 bridgehead atoms. The van der Waals surface area contributed by atoms with Gasteiger partial charge in [-0.15, -0.1) is 0 Å². The number of aryl methyl sites for hydroxylation is 1. The second kappa shape index (κ2) is 8.42. The zero-order chi connectivity index (χ0) is 26.6. The maximum atomic E-state index is 13.1. The van der Waals surface area contributed by atoms with Crippen LogP contribution in [0.5, 0.6) is 0 Å². The maximum Gasteiger partial charge on any atom is 0.417 e. The highest BCUT2D eigenvalue weighted by molar-refractivity contribution is 7.91. The second-order valence-electron chi connectivity index (χ2n) is 7.51. The Bertz CT molecular complexity index is 1610. The van der Waals surface area contributed by atoms with Crippen LogP contribution >= 0.6 is 0 Å². The molecule has 1 N–H and O–H groups in total. The molecule has 0 aliphatic heterocycles. The van der Waals surface area contributed by atoms with Crippen LogP contribution in [0.3, 0.4) is 0 Å². The van der Waals surface area contributed by atoms with Gasteiger partial charge in [0.1, 0.15) is 29.1 Å². The van der Waals surface area contributed by atoms with E-state index in [2.05, 4.69) is 20.1 Å². The molecule has 4 rings (SSSR count). The molecular weight excluding hydrogens is 520 g/mol. The first-order chi connectivity index (χ1) is 16.6. The number of rotatable bonds is 5. The second-order valence-corrected chi connectivity index (χ2v) is 9.70. The Balaban J connectivity index is 1.98. The van der Waals surface area contributed by atoms with Gasteiger partial charge in [-0.2, -0.15) is 31.4 Å². The zero-order valence-corrected chi connectivity index (χ0v) is 19.1. The molecule has 0 spiro atoms. The molecule has 17 heteroatoms. The number of amides is 1. The van der Waals surface area contributed by atoms with E-state index in [0.29, 0.717) is 6.20 Å². The van der Waals surface area contributed by atoms with Gasteiger partial charge in [-0.25, -0.2) is 27.9 Å². The number of sulfone groups is 1. The molecule has 0 atom stereocenters. The molecular formula is C19H15F6N7O3S. The molecule has 0 radical (unpaired) electrons. The van der Waals surface area contributed by atoms with Crippen molar-refractivity contribution in [1.82, 2.24) is 34.4 Å². The topological polar surface area (TPSA) is 124 Å². The Morgan fingerprint density at radius 2 is 1.81 bits per heavy atom.